The minimum atomic E-state index is -0.00901. The molecular weight excluding hydrogens is 278 g/mol. The molecule has 0 aromatic carbocycles. The highest BCUT2D eigenvalue weighted by Crippen LogP contribution is 2.13. The number of rotatable bonds is 7. The van der Waals surface area contributed by atoms with E-state index in [1.54, 1.807) is 18.4 Å². The molecule has 2 rings (SSSR count). The van der Waals surface area contributed by atoms with E-state index in [-0.39, 0.29) is 5.91 Å². The Kier molecular flexibility index (Phi) is 6.38. The number of amides is 1. The molecule has 0 radical (unpaired) electrons. The topological polar surface area (TPSA) is 63.7 Å². The first-order chi connectivity index (χ1) is 9.78. The van der Waals surface area contributed by atoms with Crippen LogP contribution in [0, 0.1) is 0 Å². The quantitative estimate of drug-likeness (QED) is 0.733. The molecule has 1 N–H and O–H groups in total. The van der Waals surface area contributed by atoms with Crippen molar-refractivity contribution >= 4 is 17.2 Å². The molecule has 1 aliphatic rings. The molecule has 0 aliphatic carbocycles. The maximum atomic E-state index is 11.7. The van der Waals surface area contributed by atoms with Crippen molar-refractivity contribution in [3.8, 4) is 0 Å². The second kappa shape index (κ2) is 8.31. The van der Waals surface area contributed by atoms with Gasteiger partial charge >= 0.3 is 0 Å². The summed E-state index contributed by atoms with van der Waals surface area (Å²) in [6, 6.07) is 0. The van der Waals surface area contributed by atoms with Gasteiger partial charge < -0.3 is 14.8 Å². The van der Waals surface area contributed by atoms with Crippen molar-refractivity contribution in [3.63, 3.8) is 0 Å². The van der Waals surface area contributed by atoms with Crippen LogP contribution < -0.4 is 5.32 Å². The monoisotopic (exact) mass is 299 g/mol. The number of nitrogens with one attached hydrogen (secondary N) is 1. The second-order valence-electron chi connectivity index (χ2n) is 4.64. The van der Waals surface area contributed by atoms with Crippen molar-refractivity contribution in [3.05, 3.63) is 16.1 Å². The number of nitrogens with zero attached hydrogens (tertiary/aromatic N) is 2. The summed E-state index contributed by atoms with van der Waals surface area (Å²) < 4.78 is 10.2. The molecule has 0 atom stereocenters. The van der Waals surface area contributed by atoms with E-state index in [9.17, 15) is 4.79 Å². The molecule has 2 heterocycles. The summed E-state index contributed by atoms with van der Waals surface area (Å²) in [6.45, 7) is 5.41. The van der Waals surface area contributed by atoms with Crippen molar-refractivity contribution in [2.45, 2.75) is 13.0 Å². The van der Waals surface area contributed by atoms with Crippen LogP contribution in [-0.4, -0.2) is 62.4 Å². The smallest absolute Gasteiger partial charge is 0.226 e. The Hall–Kier alpha value is -1.02. The van der Waals surface area contributed by atoms with Crippen LogP contribution in [0.5, 0.6) is 0 Å². The molecule has 20 heavy (non-hydrogen) atoms. The molecule has 112 valence electrons. The number of hydrogen-bond donors (Lipinski definition) is 1. The highest BCUT2D eigenvalue weighted by Gasteiger charge is 2.13. The third-order valence-corrected chi connectivity index (χ3v) is 3.91. The number of methoxy groups -OCH3 is 1. The number of ether oxygens (including phenoxy) is 2. The first-order valence-corrected chi connectivity index (χ1v) is 7.65. The van der Waals surface area contributed by atoms with Gasteiger partial charge in [0.2, 0.25) is 5.91 Å². The summed E-state index contributed by atoms with van der Waals surface area (Å²) in [4.78, 5) is 18.5. The number of carbonyl (C=O) groups is 1. The molecule has 0 saturated carbocycles. The lowest BCUT2D eigenvalue weighted by atomic mass is 10.3. The molecule has 1 fully saturated rings. The first kappa shape index (κ1) is 15.4. The standard InChI is InChI=1S/C13H21N3O3S/c1-18-5-2-14-12(17)8-11-10-20-13(15-11)9-16-3-6-19-7-4-16/h10H,2-9H2,1H3,(H,14,17). The largest absolute Gasteiger partial charge is 0.383 e. The molecule has 0 bridgehead atoms. The molecule has 6 nitrogen and oxygen atoms in total. The average Bonchev–Trinajstić information content (AvgIpc) is 2.87. The zero-order chi connectivity index (χ0) is 14.2. The molecule has 1 aromatic heterocycles. The number of hydrogen-bond acceptors (Lipinski definition) is 6. The molecule has 1 saturated heterocycles. The summed E-state index contributed by atoms with van der Waals surface area (Å²) in [5.74, 6) is -0.00901. The Morgan fingerprint density at radius 1 is 1.55 bits per heavy atom. The third-order valence-electron chi connectivity index (χ3n) is 3.03. The van der Waals surface area contributed by atoms with Gasteiger partial charge in [0.05, 0.1) is 38.5 Å². The van der Waals surface area contributed by atoms with Gasteiger partial charge in [0.15, 0.2) is 0 Å². The summed E-state index contributed by atoms with van der Waals surface area (Å²) in [6.07, 6.45) is 0.337. The van der Waals surface area contributed by atoms with Crippen LogP contribution in [0.4, 0.5) is 0 Å². The maximum Gasteiger partial charge on any atom is 0.226 e. The molecule has 0 unspecified atom stereocenters. The van der Waals surface area contributed by atoms with Crippen molar-refractivity contribution in [2.75, 3.05) is 46.6 Å². The lowest BCUT2D eigenvalue weighted by Crippen LogP contribution is -2.35. The van der Waals surface area contributed by atoms with E-state index in [4.69, 9.17) is 9.47 Å². The highest BCUT2D eigenvalue weighted by molar-refractivity contribution is 7.09. The number of aromatic nitrogens is 1. The molecule has 1 aliphatic heterocycles. The van der Waals surface area contributed by atoms with E-state index >= 15 is 0 Å². The van der Waals surface area contributed by atoms with Gasteiger partial charge in [-0.15, -0.1) is 11.3 Å². The Labute approximate surface area is 123 Å². The highest BCUT2D eigenvalue weighted by atomic mass is 32.1. The van der Waals surface area contributed by atoms with Crippen molar-refractivity contribution in [1.29, 1.82) is 0 Å². The summed E-state index contributed by atoms with van der Waals surface area (Å²) in [5.41, 5.74) is 0.841. The number of morpholine rings is 1. The fraction of sp³-hybridized carbons (Fsp3) is 0.692. The second-order valence-corrected chi connectivity index (χ2v) is 5.58. The van der Waals surface area contributed by atoms with Gasteiger partial charge in [-0.3, -0.25) is 9.69 Å². The lowest BCUT2D eigenvalue weighted by Gasteiger charge is -2.25. The average molecular weight is 299 g/mol. The molecule has 0 spiro atoms. The maximum absolute atomic E-state index is 11.7. The zero-order valence-corrected chi connectivity index (χ0v) is 12.6. The summed E-state index contributed by atoms with van der Waals surface area (Å²) in [7, 11) is 1.62. The van der Waals surface area contributed by atoms with E-state index in [1.807, 2.05) is 5.38 Å². The Balaban J connectivity index is 1.75. The van der Waals surface area contributed by atoms with Crippen molar-refractivity contribution in [2.24, 2.45) is 0 Å². The fourth-order valence-electron chi connectivity index (χ4n) is 1.97. The number of thiazole rings is 1. The van der Waals surface area contributed by atoms with Gasteiger partial charge in [-0.25, -0.2) is 4.98 Å². The summed E-state index contributed by atoms with van der Waals surface area (Å²) >= 11 is 1.62. The third kappa shape index (κ3) is 5.16. The van der Waals surface area contributed by atoms with Crippen LogP contribution in [0.2, 0.25) is 0 Å². The van der Waals surface area contributed by atoms with Gasteiger partial charge in [-0.05, 0) is 0 Å². The molecular formula is C13H21N3O3S. The first-order valence-electron chi connectivity index (χ1n) is 6.77. The van der Waals surface area contributed by atoms with E-state index < -0.39 is 0 Å². The van der Waals surface area contributed by atoms with E-state index in [0.29, 0.717) is 19.6 Å². The Bertz CT molecular complexity index is 419. The van der Waals surface area contributed by atoms with E-state index in [2.05, 4.69) is 15.2 Å². The zero-order valence-electron chi connectivity index (χ0n) is 11.8. The van der Waals surface area contributed by atoms with Crippen LogP contribution in [0.25, 0.3) is 0 Å². The normalized spacial score (nSPS) is 16.2. The minimum absolute atomic E-state index is 0.00901. The minimum Gasteiger partial charge on any atom is -0.383 e. The van der Waals surface area contributed by atoms with Gasteiger partial charge in [0.25, 0.3) is 0 Å². The SMILES string of the molecule is COCCNC(=O)Cc1csc(CN2CCOCC2)n1. The van der Waals surface area contributed by atoms with Crippen molar-refractivity contribution in [1.82, 2.24) is 15.2 Å². The van der Waals surface area contributed by atoms with E-state index in [0.717, 1.165) is 43.5 Å². The van der Waals surface area contributed by atoms with Crippen LogP contribution in [0.15, 0.2) is 5.38 Å². The fourth-order valence-corrected chi connectivity index (χ4v) is 2.81. The predicted molar refractivity (Wildman–Crippen MR) is 76.8 cm³/mol. The lowest BCUT2D eigenvalue weighted by molar-refractivity contribution is -0.120. The van der Waals surface area contributed by atoms with Crippen LogP contribution in [0.3, 0.4) is 0 Å². The molecule has 1 amide bonds. The molecule has 7 heteroatoms. The Morgan fingerprint density at radius 2 is 2.35 bits per heavy atom. The molecule has 1 aromatic rings. The van der Waals surface area contributed by atoms with Crippen LogP contribution in [-0.2, 0) is 27.2 Å². The number of carbonyl (C=O) groups excluding carboxylic acids is 1. The van der Waals surface area contributed by atoms with E-state index in [1.165, 1.54) is 0 Å². The van der Waals surface area contributed by atoms with Gasteiger partial charge in [0, 0.05) is 32.1 Å². The van der Waals surface area contributed by atoms with Gasteiger partial charge in [0.1, 0.15) is 5.01 Å². The summed E-state index contributed by atoms with van der Waals surface area (Å²) in [5, 5.41) is 5.82. The predicted octanol–water partition coefficient (Wildman–Crippen LogP) is 0.280. The van der Waals surface area contributed by atoms with Crippen LogP contribution in [0.1, 0.15) is 10.7 Å². The van der Waals surface area contributed by atoms with Gasteiger partial charge in [-0.1, -0.05) is 0 Å². The van der Waals surface area contributed by atoms with Gasteiger partial charge in [-0.2, -0.15) is 0 Å². The van der Waals surface area contributed by atoms with Crippen LogP contribution >= 0.6 is 11.3 Å². The van der Waals surface area contributed by atoms with Crippen molar-refractivity contribution < 1.29 is 14.3 Å². The Morgan fingerprint density at radius 3 is 3.10 bits per heavy atom.